The molecule has 0 amide bonds. The highest BCUT2D eigenvalue weighted by Crippen LogP contribution is 2.43. The van der Waals surface area contributed by atoms with Crippen LogP contribution in [0.4, 0.5) is 0 Å². The highest BCUT2D eigenvalue weighted by molar-refractivity contribution is 6.22. The third kappa shape index (κ3) is 5.36. The van der Waals surface area contributed by atoms with Crippen LogP contribution in [0.15, 0.2) is 199 Å². The quantitative estimate of drug-likeness (QED) is 0.179. The molecule has 55 heavy (non-hydrogen) atoms. The van der Waals surface area contributed by atoms with Crippen LogP contribution >= 0.6 is 0 Å². The monoisotopic (exact) mass is 700 g/mol. The van der Waals surface area contributed by atoms with Crippen LogP contribution in [0.1, 0.15) is 0 Å². The first-order chi connectivity index (χ1) is 27.2. The molecule has 11 aromatic rings. The molecule has 0 fully saturated rings. The average molecular weight is 701 g/mol. The fourth-order valence-electron chi connectivity index (χ4n) is 8.12. The molecule has 2 aromatic heterocycles. The van der Waals surface area contributed by atoms with Gasteiger partial charge in [0, 0.05) is 32.8 Å². The fraction of sp³-hybridized carbons (Fsp3) is 0. The van der Waals surface area contributed by atoms with E-state index in [-0.39, 0.29) is 0 Å². The Morgan fingerprint density at radius 2 is 0.891 bits per heavy atom. The molecule has 0 N–H and O–H groups in total. The van der Waals surface area contributed by atoms with Crippen molar-refractivity contribution in [1.82, 2.24) is 9.97 Å². The van der Waals surface area contributed by atoms with Crippen LogP contribution in [0.5, 0.6) is 0 Å². The van der Waals surface area contributed by atoms with Gasteiger partial charge >= 0.3 is 0 Å². The van der Waals surface area contributed by atoms with Gasteiger partial charge in [0.2, 0.25) is 0 Å². The second-order valence-corrected chi connectivity index (χ2v) is 14.2. The summed E-state index contributed by atoms with van der Waals surface area (Å²) in [5.41, 5.74) is 11.3. The van der Waals surface area contributed by atoms with Gasteiger partial charge < -0.3 is 4.42 Å². The minimum Gasteiger partial charge on any atom is -0.455 e. The Hall–Kier alpha value is -7.36. The van der Waals surface area contributed by atoms with Gasteiger partial charge in [0.25, 0.3) is 0 Å². The maximum atomic E-state index is 6.62. The zero-order valence-corrected chi connectivity index (χ0v) is 29.8. The standard InChI is InChI=1S/C52H32N2O/c1-2-13-35(14-3-1)42-19-10-20-49-50(42)46-31-45(43-17-8-9-18-44(43)51(46)55-49)36-23-25-37(26-24-36)47-32-48(40-27-21-33-11-4-6-15-38(33)29-40)54-52(53-47)41-28-22-34-12-5-7-16-39(34)30-41/h1-32H. The molecule has 0 atom stereocenters. The zero-order valence-electron chi connectivity index (χ0n) is 29.8. The van der Waals surface area contributed by atoms with E-state index in [9.17, 15) is 0 Å². The minimum atomic E-state index is 0.702. The lowest BCUT2D eigenvalue weighted by Gasteiger charge is -2.12. The summed E-state index contributed by atoms with van der Waals surface area (Å²) in [6, 6.07) is 68.6. The van der Waals surface area contributed by atoms with Gasteiger partial charge in [0.1, 0.15) is 11.2 Å². The van der Waals surface area contributed by atoms with Crippen molar-refractivity contribution in [3.8, 4) is 56.2 Å². The second-order valence-electron chi connectivity index (χ2n) is 14.2. The van der Waals surface area contributed by atoms with E-state index in [1.165, 1.54) is 27.3 Å². The molecule has 0 unspecified atom stereocenters. The topological polar surface area (TPSA) is 38.9 Å². The van der Waals surface area contributed by atoms with Gasteiger partial charge in [-0.2, -0.15) is 0 Å². The molecule has 0 aliphatic rings. The Morgan fingerprint density at radius 3 is 1.64 bits per heavy atom. The first-order valence-electron chi connectivity index (χ1n) is 18.6. The van der Waals surface area contributed by atoms with Crippen molar-refractivity contribution in [2.24, 2.45) is 0 Å². The van der Waals surface area contributed by atoms with Crippen LogP contribution in [0.2, 0.25) is 0 Å². The van der Waals surface area contributed by atoms with Gasteiger partial charge in [0.15, 0.2) is 5.82 Å². The van der Waals surface area contributed by atoms with Gasteiger partial charge in [-0.1, -0.05) is 164 Å². The predicted molar refractivity (Wildman–Crippen MR) is 229 cm³/mol. The Kier molecular flexibility index (Phi) is 7.17. The van der Waals surface area contributed by atoms with E-state index in [0.717, 1.165) is 77.3 Å². The van der Waals surface area contributed by atoms with Crippen LogP contribution in [0.3, 0.4) is 0 Å². The minimum absolute atomic E-state index is 0.702. The van der Waals surface area contributed by atoms with Crippen molar-refractivity contribution in [3.05, 3.63) is 194 Å². The number of benzene rings is 9. The molecule has 3 heteroatoms. The lowest BCUT2D eigenvalue weighted by molar-refractivity contribution is 0.673. The number of hydrogen-bond donors (Lipinski definition) is 0. The number of hydrogen-bond acceptors (Lipinski definition) is 3. The number of furan rings is 1. The Bertz CT molecular complexity index is 3150. The molecule has 0 saturated heterocycles. The zero-order chi connectivity index (χ0) is 36.3. The molecule has 0 aliphatic carbocycles. The highest BCUT2D eigenvalue weighted by Gasteiger charge is 2.18. The van der Waals surface area contributed by atoms with Crippen LogP contribution < -0.4 is 0 Å². The Labute approximate surface area is 317 Å². The molecule has 2 heterocycles. The van der Waals surface area contributed by atoms with E-state index < -0.39 is 0 Å². The van der Waals surface area contributed by atoms with Crippen molar-refractivity contribution in [2.75, 3.05) is 0 Å². The SMILES string of the molecule is c1ccc(-c2cccc3oc4c5ccccc5c(-c5ccc(-c6cc(-c7ccc8ccccc8c7)nc(-c7ccc8ccccc8c7)n6)cc5)cc4c23)cc1. The molecule has 3 nitrogen and oxygen atoms in total. The van der Waals surface area contributed by atoms with Gasteiger partial charge in [-0.3, -0.25) is 0 Å². The molecular formula is C52H32N2O. The van der Waals surface area contributed by atoms with Gasteiger partial charge in [-0.15, -0.1) is 0 Å². The van der Waals surface area contributed by atoms with Crippen LogP contribution in [0, 0.1) is 0 Å². The molecule has 0 saturated carbocycles. The van der Waals surface area contributed by atoms with Crippen molar-refractivity contribution in [1.29, 1.82) is 0 Å². The summed E-state index contributed by atoms with van der Waals surface area (Å²) < 4.78 is 6.62. The van der Waals surface area contributed by atoms with Crippen molar-refractivity contribution >= 4 is 54.3 Å². The van der Waals surface area contributed by atoms with Crippen molar-refractivity contribution < 1.29 is 4.42 Å². The summed E-state index contributed by atoms with van der Waals surface area (Å²) >= 11 is 0. The lowest BCUT2D eigenvalue weighted by atomic mass is 9.93. The number of rotatable bonds is 5. The normalized spacial score (nSPS) is 11.6. The molecule has 256 valence electrons. The summed E-state index contributed by atoms with van der Waals surface area (Å²) in [5.74, 6) is 0.702. The summed E-state index contributed by atoms with van der Waals surface area (Å²) in [7, 11) is 0. The fourth-order valence-corrected chi connectivity index (χ4v) is 8.12. The summed E-state index contributed by atoms with van der Waals surface area (Å²) in [4.78, 5) is 10.4. The van der Waals surface area contributed by atoms with E-state index in [1.54, 1.807) is 0 Å². The summed E-state index contributed by atoms with van der Waals surface area (Å²) in [6.45, 7) is 0. The first kappa shape index (κ1) is 31.2. The number of aromatic nitrogens is 2. The van der Waals surface area contributed by atoms with Crippen molar-refractivity contribution in [2.45, 2.75) is 0 Å². The van der Waals surface area contributed by atoms with E-state index in [0.29, 0.717) is 5.82 Å². The molecule has 0 bridgehead atoms. The van der Waals surface area contributed by atoms with E-state index in [4.69, 9.17) is 14.4 Å². The average Bonchev–Trinajstić information content (AvgIpc) is 3.65. The molecule has 9 aromatic carbocycles. The van der Waals surface area contributed by atoms with E-state index in [2.05, 4.69) is 194 Å². The summed E-state index contributed by atoms with van der Waals surface area (Å²) in [5, 5.41) is 9.25. The first-order valence-corrected chi connectivity index (χ1v) is 18.6. The van der Waals surface area contributed by atoms with Crippen LogP contribution in [-0.2, 0) is 0 Å². The maximum absolute atomic E-state index is 6.62. The Morgan fingerprint density at radius 1 is 0.327 bits per heavy atom. The lowest BCUT2D eigenvalue weighted by Crippen LogP contribution is -1.96. The summed E-state index contributed by atoms with van der Waals surface area (Å²) in [6.07, 6.45) is 0. The predicted octanol–water partition coefficient (Wildman–Crippen LogP) is 14.2. The second kappa shape index (κ2) is 12.6. The molecule has 0 aliphatic heterocycles. The number of nitrogens with zero attached hydrogens (tertiary/aromatic N) is 2. The van der Waals surface area contributed by atoms with Crippen molar-refractivity contribution in [3.63, 3.8) is 0 Å². The van der Waals surface area contributed by atoms with Gasteiger partial charge in [0.05, 0.1) is 11.4 Å². The van der Waals surface area contributed by atoms with Crippen LogP contribution in [-0.4, -0.2) is 9.97 Å². The van der Waals surface area contributed by atoms with E-state index >= 15 is 0 Å². The largest absolute Gasteiger partial charge is 0.455 e. The molecular weight excluding hydrogens is 669 g/mol. The molecule has 0 radical (unpaired) electrons. The van der Waals surface area contributed by atoms with Crippen LogP contribution in [0.25, 0.3) is 110 Å². The smallest absolute Gasteiger partial charge is 0.160 e. The Balaban J connectivity index is 1.07. The molecule has 11 rings (SSSR count). The van der Waals surface area contributed by atoms with Gasteiger partial charge in [-0.25, -0.2) is 9.97 Å². The third-order valence-corrected chi connectivity index (χ3v) is 10.9. The highest BCUT2D eigenvalue weighted by atomic mass is 16.3. The maximum Gasteiger partial charge on any atom is 0.160 e. The third-order valence-electron chi connectivity index (χ3n) is 10.9. The van der Waals surface area contributed by atoms with E-state index in [1.807, 2.05) is 0 Å². The molecule has 0 spiro atoms. The van der Waals surface area contributed by atoms with Gasteiger partial charge in [-0.05, 0) is 79.5 Å². The number of fused-ring (bicyclic) bond motifs is 7.